The van der Waals surface area contributed by atoms with Crippen LogP contribution >= 0.6 is 0 Å². The number of hydrogen-bond acceptors (Lipinski definition) is 6. The number of nitriles is 1. The average Bonchev–Trinajstić information content (AvgIpc) is 3.42. The average molecular weight is 949 g/mol. The third-order valence-electron chi connectivity index (χ3n) is 14.1. The number of unbranched alkanes of at least 4 members (excludes halogenated alkanes) is 2. The maximum Gasteiger partial charge on any atom is 0.251 e. The molecule has 0 bridgehead atoms. The molecule has 2 unspecified atom stereocenters. The third kappa shape index (κ3) is 15.1. The largest absolute Gasteiger partial charge is 0.366 e. The van der Waals surface area contributed by atoms with Gasteiger partial charge in [-0.05, 0) is 196 Å². The molecule has 0 radical (unpaired) electrons. The van der Waals surface area contributed by atoms with Crippen molar-refractivity contribution in [2.75, 3.05) is 39.3 Å². The highest BCUT2D eigenvalue weighted by Crippen LogP contribution is 2.28. The number of nitrogens with zero attached hydrogens (tertiary/aromatic N) is 3. The monoisotopic (exact) mass is 949 g/mol. The van der Waals surface area contributed by atoms with Crippen LogP contribution in [0.15, 0.2) is 146 Å². The van der Waals surface area contributed by atoms with Gasteiger partial charge < -0.3 is 26.2 Å². The van der Waals surface area contributed by atoms with E-state index < -0.39 is 0 Å². The van der Waals surface area contributed by atoms with Gasteiger partial charge in [0.05, 0.1) is 11.6 Å². The van der Waals surface area contributed by atoms with Crippen LogP contribution in [-0.4, -0.2) is 78.9 Å². The summed E-state index contributed by atoms with van der Waals surface area (Å²) < 4.78 is 0. The minimum absolute atomic E-state index is 0.00403. The van der Waals surface area contributed by atoms with E-state index in [1.165, 1.54) is 22.3 Å². The normalized spacial score (nSPS) is 14.9. The minimum atomic E-state index is -0.362. The van der Waals surface area contributed by atoms with Crippen molar-refractivity contribution in [2.24, 2.45) is 5.73 Å². The maximum atomic E-state index is 12.6. The summed E-state index contributed by atoms with van der Waals surface area (Å²) in [6, 6.07) is 51.4. The predicted octanol–water partition coefficient (Wildman–Crippen LogP) is 11.2. The van der Waals surface area contributed by atoms with Gasteiger partial charge in [-0.25, -0.2) is 0 Å². The lowest BCUT2D eigenvalue weighted by molar-refractivity contribution is 0.0944. The van der Waals surface area contributed by atoms with Gasteiger partial charge in [0.25, 0.3) is 11.8 Å². The van der Waals surface area contributed by atoms with E-state index in [2.05, 4.69) is 82.8 Å². The molecule has 3 amide bonds. The van der Waals surface area contributed by atoms with Crippen molar-refractivity contribution in [1.29, 1.82) is 5.26 Å². The summed E-state index contributed by atoms with van der Waals surface area (Å²) in [6.45, 7) is 10.1. The summed E-state index contributed by atoms with van der Waals surface area (Å²) in [7, 11) is 0. The Morgan fingerprint density at radius 3 is 1.45 bits per heavy atom. The molecule has 9 nitrogen and oxygen atoms in total. The van der Waals surface area contributed by atoms with Crippen LogP contribution in [-0.2, 0) is 25.7 Å². The van der Waals surface area contributed by atoms with Crippen LogP contribution in [0.3, 0.4) is 0 Å². The SMILES string of the molecule is CCCN(CCCCNC(=O)c1ccc(-c2ccccc2)cc1)C1CCc2cc(C#N)ccc2C1.CCCN(CCCCNC(=O)c1ccc(-c2ccccc2)cc1)C1CCc2ccc(C(N)=O)cc2C1. The topological polar surface area (TPSA) is 132 Å². The molecule has 0 aliphatic heterocycles. The molecule has 71 heavy (non-hydrogen) atoms. The Hall–Kier alpha value is -6.86. The van der Waals surface area contributed by atoms with Gasteiger partial charge in [-0.2, -0.15) is 5.26 Å². The molecule has 0 spiro atoms. The molecule has 0 aromatic heterocycles. The Morgan fingerprint density at radius 2 is 0.972 bits per heavy atom. The first-order chi connectivity index (χ1) is 34.7. The predicted molar refractivity (Wildman–Crippen MR) is 288 cm³/mol. The Labute approximate surface area is 422 Å². The van der Waals surface area contributed by atoms with Gasteiger partial charge in [-0.15, -0.1) is 0 Å². The van der Waals surface area contributed by atoms with Crippen molar-refractivity contribution in [1.82, 2.24) is 20.4 Å². The summed E-state index contributed by atoms with van der Waals surface area (Å²) in [6.07, 6.45) is 12.7. The fourth-order valence-corrected chi connectivity index (χ4v) is 10.2. The Balaban J connectivity index is 0.000000209. The Bertz CT molecular complexity index is 2680. The van der Waals surface area contributed by atoms with Crippen LogP contribution in [0.1, 0.15) is 124 Å². The van der Waals surface area contributed by atoms with E-state index in [-0.39, 0.29) is 17.7 Å². The molecule has 0 heterocycles. The fraction of sp³-hybridized carbons (Fsp3) is 0.355. The van der Waals surface area contributed by atoms with Gasteiger partial charge in [-0.3, -0.25) is 14.4 Å². The maximum absolute atomic E-state index is 12.6. The van der Waals surface area contributed by atoms with Crippen molar-refractivity contribution in [2.45, 2.75) is 103 Å². The van der Waals surface area contributed by atoms with E-state index in [1.54, 1.807) is 0 Å². The number of aryl methyl sites for hydroxylation is 2. The Kier molecular flexibility index (Phi) is 19.7. The number of carbonyl (C=O) groups is 3. The number of hydrogen-bond donors (Lipinski definition) is 3. The van der Waals surface area contributed by atoms with Crippen molar-refractivity contribution in [3.05, 3.63) is 190 Å². The third-order valence-corrected chi connectivity index (χ3v) is 14.1. The molecule has 6 aromatic carbocycles. The van der Waals surface area contributed by atoms with Gasteiger partial charge in [0.15, 0.2) is 0 Å². The van der Waals surface area contributed by atoms with Crippen LogP contribution in [0.25, 0.3) is 22.3 Å². The first kappa shape index (κ1) is 52.0. The summed E-state index contributed by atoms with van der Waals surface area (Å²) in [5.74, 6) is -0.385. The molecule has 0 fully saturated rings. The second-order valence-electron chi connectivity index (χ2n) is 19.1. The highest BCUT2D eigenvalue weighted by atomic mass is 16.2. The molecule has 2 aliphatic rings. The summed E-state index contributed by atoms with van der Waals surface area (Å²) in [5.41, 5.74) is 18.1. The zero-order valence-corrected chi connectivity index (χ0v) is 41.9. The molecule has 0 saturated carbocycles. The number of fused-ring (bicyclic) bond motifs is 2. The van der Waals surface area contributed by atoms with Gasteiger partial charge in [0, 0.05) is 41.9 Å². The number of carbonyl (C=O) groups excluding carboxylic acids is 3. The second kappa shape index (κ2) is 26.9. The van der Waals surface area contributed by atoms with E-state index in [0.717, 1.165) is 131 Å². The number of rotatable bonds is 21. The lowest BCUT2D eigenvalue weighted by Crippen LogP contribution is -2.40. The molecule has 0 saturated heterocycles. The standard InChI is InChI=1S/C31H37N3O2.C31H35N3O/c1-2-19-34(29-17-16-25-12-15-27(30(32)35)21-28(25)22-29)20-7-6-18-33-31(36)26-13-10-24(11-14-26)23-8-4-3-5-9-23;1-2-19-34(30-17-16-28-21-24(23-32)10-11-29(28)22-30)20-7-6-18-33-31(35)27-14-12-26(13-15-27)25-8-4-3-5-9-25/h3-5,8-15,21,29H,2,6-7,16-20,22H2,1H3,(H2,32,35)(H,33,36);3-5,8-15,21,30H,2,6-7,16-20,22H2,1H3,(H,33,35). The highest BCUT2D eigenvalue weighted by molar-refractivity contribution is 5.95. The summed E-state index contributed by atoms with van der Waals surface area (Å²) in [4.78, 5) is 42.0. The van der Waals surface area contributed by atoms with Crippen molar-refractivity contribution >= 4 is 17.7 Å². The number of primary amides is 1. The molecule has 8 rings (SSSR count). The first-order valence-corrected chi connectivity index (χ1v) is 26.0. The molecule has 9 heteroatoms. The van der Waals surface area contributed by atoms with Crippen molar-refractivity contribution in [3.8, 4) is 28.3 Å². The smallest absolute Gasteiger partial charge is 0.251 e. The van der Waals surface area contributed by atoms with E-state index in [1.807, 2.05) is 103 Å². The van der Waals surface area contributed by atoms with E-state index in [9.17, 15) is 14.4 Å². The van der Waals surface area contributed by atoms with Crippen LogP contribution in [0.4, 0.5) is 0 Å². The minimum Gasteiger partial charge on any atom is -0.366 e. The van der Waals surface area contributed by atoms with Crippen LogP contribution in [0, 0.1) is 11.3 Å². The lowest BCUT2D eigenvalue weighted by Gasteiger charge is -2.35. The van der Waals surface area contributed by atoms with Gasteiger partial charge in [0.2, 0.25) is 5.91 Å². The number of nitrogens with one attached hydrogen (secondary N) is 2. The molecular formula is C62H72N6O3. The van der Waals surface area contributed by atoms with Crippen LogP contribution < -0.4 is 16.4 Å². The second-order valence-corrected chi connectivity index (χ2v) is 19.1. The van der Waals surface area contributed by atoms with Crippen LogP contribution in [0.2, 0.25) is 0 Å². The molecule has 4 N–H and O–H groups in total. The van der Waals surface area contributed by atoms with Gasteiger partial charge in [-0.1, -0.05) is 111 Å². The molecular weight excluding hydrogens is 877 g/mol. The Morgan fingerprint density at radius 1 is 0.521 bits per heavy atom. The highest BCUT2D eigenvalue weighted by Gasteiger charge is 2.26. The van der Waals surface area contributed by atoms with E-state index >= 15 is 0 Å². The van der Waals surface area contributed by atoms with Gasteiger partial charge >= 0.3 is 0 Å². The number of nitrogens with two attached hydrogens (primary N) is 1. The van der Waals surface area contributed by atoms with Crippen molar-refractivity contribution in [3.63, 3.8) is 0 Å². The van der Waals surface area contributed by atoms with Crippen LogP contribution in [0.5, 0.6) is 0 Å². The molecule has 6 aromatic rings. The van der Waals surface area contributed by atoms with E-state index in [0.29, 0.717) is 41.9 Å². The fourth-order valence-electron chi connectivity index (χ4n) is 10.2. The zero-order chi connectivity index (χ0) is 49.8. The summed E-state index contributed by atoms with van der Waals surface area (Å²) in [5, 5.41) is 15.3. The lowest BCUT2D eigenvalue weighted by atomic mass is 9.86. The number of amides is 3. The molecule has 2 atom stereocenters. The zero-order valence-electron chi connectivity index (χ0n) is 41.9. The summed E-state index contributed by atoms with van der Waals surface area (Å²) >= 11 is 0. The number of benzene rings is 6. The van der Waals surface area contributed by atoms with Gasteiger partial charge in [0.1, 0.15) is 0 Å². The van der Waals surface area contributed by atoms with E-state index in [4.69, 9.17) is 11.0 Å². The molecule has 2 aliphatic carbocycles. The van der Waals surface area contributed by atoms with Crippen molar-refractivity contribution < 1.29 is 14.4 Å². The molecule has 368 valence electrons. The quantitative estimate of drug-likeness (QED) is 0.0616. The first-order valence-electron chi connectivity index (χ1n) is 26.0.